The molecule has 0 aliphatic heterocycles. The summed E-state index contributed by atoms with van der Waals surface area (Å²) < 4.78 is 12.1. The molecule has 122 valence electrons. The Morgan fingerprint density at radius 1 is 1.22 bits per heavy atom. The maximum absolute atomic E-state index is 11.9. The summed E-state index contributed by atoms with van der Waals surface area (Å²) in [4.78, 5) is 34.0. The van der Waals surface area contributed by atoms with E-state index in [2.05, 4.69) is 10.9 Å². The average Bonchev–Trinajstić information content (AvgIpc) is 2.89. The van der Waals surface area contributed by atoms with Gasteiger partial charge >= 0.3 is 0 Å². The first-order chi connectivity index (χ1) is 11.0. The van der Waals surface area contributed by atoms with Crippen LogP contribution in [0.1, 0.15) is 17.3 Å². The van der Waals surface area contributed by atoms with Gasteiger partial charge < -0.3 is 14.0 Å². The monoisotopic (exact) mass is 319 g/mol. The number of nitrogens with zero attached hydrogens (tertiary/aromatic N) is 1. The summed E-state index contributed by atoms with van der Waals surface area (Å²) in [7, 11) is 3.00. The van der Waals surface area contributed by atoms with Crippen molar-refractivity contribution in [2.24, 2.45) is 0 Å². The molecule has 2 rings (SSSR count). The topological polar surface area (TPSA) is 98.7 Å². The third kappa shape index (κ3) is 3.42. The Morgan fingerprint density at radius 2 is 1.96 bits per heavy atom. The lowest BCUT2D eigenvalue weighted by atomic mass is 10.1. The van der Waals surface area contributed by atoms with Gasteiger partial charge in [-0.1, -0.05) is 0 Å². The van der Waals surface area contributed by atoms with Gasteiger partial charge in [-0.25, -0.2) is 0 Å². The molecule has 0 saturated heterocycles. The van der Waals surface area contributed by atoms with Gasteiger partial charge in [0.2, 0.25) is 5.91 Å². The van der Waals surface area contributed by atoms with Crippen LogP contribution in [-0.2, 0) is 16.1 Å². The lowest BCUT2D eigenvalue weighted by Crippen LogP contribution is -2.41. The zero-order valence-corrected chi connectivity index (χ0v) is 13.0. The molecule has 0 atom stereocenters. The molecule has 0 bridgehead atoms. The molecule has 8 nitrogen and oxygen atoms in total. The van der Waals surface area contributed by atoms with Crippen LogP contribution in [0.2, 0.25) is 0 Å². The second-order valence-corrected chi connectivity index (χ2v) is 4.78. The van der Waals surface area contributed by atoms with Gasteiger partial charge in [-0.2, -0.15) is 0 Å². The molecule has 1 aromatic heterocycles. The number of fused-ring (bicyclic) bond motifs is 1. The van der Waals surface area contributed by atoms with Crippen molar-refractivity contribution in [2.45, 2.75) is 13.5 Å². The standard InChI is InChI=1S/C15H17N3O5/c1-9(20)16-17-14(21)7-18-6-10(8-19)15-12(18)4-11(22-2)5-13(15)23-3/h4-6,8H,7H2,1-3H3,(H,16,20)(H,17,21). The molecule has 2 amide bonds. The number of rotatable bonds is 5. The van der Waals surface area contributed by atoms with Crippen molar-refractivity contribution < 1.29 is 23.9 Å². The van der Waals surface area contributed by atoms with Crippen LogP contribution in [0.5, 0.6) is 11.5 Å². The number of hydrazine groups is 1. The maximum atomic E-state index is 11.9. The number of nitrogens with one attached hydrogen (secondary N) is 2. The van der Waals surface area contributed by atoms with Gasteiger partial charge in [0.25, 0.3) is 5.91 Å². The van der Waals surface area contributed by atoms with Crippen molar-refractivity contribution in [3.63, 3.8) is 0 Å². The number of hydrogen-bond donors (Lipinski definition) is 2. The van der Waals surface area contributed by atoms with Gasteiger partial charge in [0.1, 0.15) is 18.0 Å². The summed E-state index contributed by atoms with van der Waals surface area (Å²) in [5, 5.41) is 0.593. The van der Waals surface area contributed by atoms with E-state index < -0.39 is 5.91 Å². The van der Waals surface area contributed by atoms with Gasteiger partial charge in [-0.3, -0.25) is 25.2 Å². The second kappa shape index (κ2) is 6.82. The van der Waals surface area contributed by atoms with E-state index in [4.69, 9.17) is 9.47 Å². The molecule has 8 heteroatoms. The lowest BCUT2D eigenvalue weighted by Gasteiger charge is -2.10. The second-order valence-electron chi connectivity index (χ2n) is 4.78. The van der Waals surface area contributed by atoms with Gasteiger partial charge in [0.15, 0.2) is 6.29 Å². The molecule has 1 aromatic carbocycles. The van der Waals surface area contributed by atoms with Crippen LogP contribution in [0.3, 0.4) is 0 Å². The zero-order valence-electron chi connectivity index (χ0n) is 13.0. The molecule has 23 heavy (non-hydrogen) atoms. The van der Waals surface area contributed by atoms with E-state index in [9.17, 15) is 14.4 Å². The van der Waals surface area contributed by atoms with Crippen molar-refractivity contribution in [1.82, 2.24) is 15.4 Å². The Hall–Kier alpha value is -3.03. The number of aldehydes is 1. The predicted molar refractivity (Wildman–Crippen MR) is 82.4 cm³/mol. The van der Waals surface area contributed by atoms with Gasteiger partial charge in [0, 0.05) is 30.8 Å². The maximum Gasteiger partial charge on any atom is 0.258 e. The molecule has 2 aromatic rings. The number of aromatic nitrogens is 1. The fraction of sp³-hybridized carbons (Fsp3) is 0.267. The van der Waals surface area contributed by atoms with E-state index in [0.29, 0.717) is 34.3 Å². The largest absolute Gasteiger partial charge is 0.497 e. The first-order valence-corrected chi connectivity index (χ1v) is 6.75. The normalized spacial score (nSPS) is 10.2. The molecule has 2 N–H and O–H groups in total. The summed E-state index contributed by atoms with van der Waals surface area (Å²) in [5.74, 6) is 0.194. The minimum Gasteiger partial charge on any atom is -0.497 e. The van der Waals surface area contributed by atoms with Crippen LogP contribution in [0.4, 0.5) is 0 Å². The van der Waals surface area contributed by atoms with E-state index in [-0.39, 0.29) is 12.5 Å². The number of benzene rings is 1. The fourth-order valence-corrected chi connectivity index (χ4v) is 2.25. The molecule has 1 heterocycles. The number of carbonyl (C=O) groups excluding carboxylic acids is 3. The van der Waals surface area contributed by atoms with Gasteiger partial charge in [0.05, 0.1) is 25.1 Å². The summed E-state index contributed by atoms with van der Waals surface area (Å²) >= 11 is 0. The molecule has 0 radical (unpaired) electrons. The molecular formula is C15H17N3O5. The van der Waals surface area contributed by atoms with Crippen LogP contribution in [-0.4, -0.2) is 36.9 Å². The number of amides is 2. The fourth-order valence-electron chi connectivity index (χ4n) is 2.25. The van der Waals surface area contributed by atoms with E-state index >= 15 is 0 Å². The molecule has 0 saturated carbocycles. The highest BCUT2D eigenvalue weighted by atomic mass is 16.5. The molecule has 0 aliphatic rings. The third-order valence-electron chi connectivity index (χ3n) is 3.22. The van der Waals surface area contributed by atoms with Crippen molar-refractivity contribution in [1.29, 1.82) is 0 Å². The highest BCUT2D eigenvalue weighted by Crippen LogP contribution is 2.34. The quantitative estimate of drug-likeness (QED) is 0.622. The molecule has 0 fully saturated rings. The van der Waals surface area contributed by atoms with E-state index in [1.807, 2.05) is 0 Å². The smallest absolute Gasteiger partial charge is 0.258 e. The van der Waals surface area contributed by atoms with Crippen molar-refractivity contribution >= 4 is 29.0 Å². The lowest BCUT2D eigenvalue weighted by molar-refractivity contribution is -0.128. The van der Waals surface area contributed by atoms with Crippen molar-refractivity contribution in [3.8, 4) is 11.5 Å². The summed E-state index contributed by atoms with van der Waals surface area (Å²) in [5.41, 5.74) is 5.49. The van der Waals surface area contributed by atoms with Gasteiger partial charge in [-0.05, 0) is 0 Å². The summed E-state index contributed by atoms with van der Waals surface area (Å²) in [6, 6.07) is 3.37. The minimum atomic E-state index is -0.434. The average molecular weight is 319 g/mol. The SMILES string of the molecule is COc1cc(OC)c2c(C=O)cn(CC(=O)NNC(C)=O)c2c1. The van der Waals surface area contributed by atoms with Crippen molar-refractivity contribution in [2.75, 3.05) is 14.2 Å². The first kappa shape index (κ1) is 16.3. The Kier molecular flexibility index (Phi) is 4.85. The third-order valence-corrected chi connectivity index (χ3v) is 3.22. The highest BCUT2D eigenvalue weighted by Gasteiger charge is 2.16. The number of methoxy groups -OCH3 is 2. The molecule has 0 unspecified atom stereocenters. The van der Waals surface area contributed by atoms with Crippen molar-refractivity contribution in [3.05, 3.63) is 23.9 Å². The Balaban J connectivity index is 2.45. The number of hydrogen-bond acceptors (Lipinski definition) is 5. The Bertz CT molecular complexity index is 766. The summed E-state index contributed by atoms with van der Waals surface area (Å²) in [6.07, 6.45) is 2.24. The Labute approximate surface area is 132 Å². The van der Waals surface area contributed by atoms with E-state index in [0.717, 1.165) is 0 Å². The molecule has 0 spiro atoms. The highest BCUT2D eigenvalue weighted by molar-refractivity contribution is 6.02. The predicted octanol–water partition coefficient (Wildman–Crippen LogP) is 0.638. The molecule has 0 aliphatic carbocycles. The minimum absolute atomic E-state index is 0.0824. The summed E-state index contributed by atoms with van der Waals surface area (Å²) in [6.45, 7) is 1.20. The number of ether oxygens (including phenoxy) is 2. The Morgan fingerprint density at radius 3 is 2.52 bits per heavy atom. The van der Waals surface area contributed by atoms with Crippen LogP contribution in [0.25, 0.3) is 10.9 Å². The van der Waals surface area contributed by atoms with E-state index in [1.165, 1.54) is 21.1 Å². The van der Waals surface area contributed by atoms with Crippen LogP contribution < -0.4 is 20.3 Å². The molecular weight excluding hydrogens is 302 g/mol. The van der Waals surface area contributed by atoms with Crippen LogP contribution in [0, 0.1) is 0 Å². The van der Waals surface area contributed by atoms with Gasteiger partial charge in [-0.15, -0.1) is 0 Å². The van der Waals surface area contributed by atoms with Crippen LogP contribution >= 0.6 is 0 Å². The number of carbonyl (C=O) groups is 3. The van der Waals surface area contributed by atoms with Crippen LogP contribution in [0.15, 0.2) is 18.3 Å². The van der Waals surface area contributed by atoms with E-state index in [1.54, 1.807) is 22.9 Å². The first-order valence-electron chi connectivity index (χ1n) is 6.75. The zero-order chi connectivity index (χ0) is 17.0.